The summed E-state index contributed by atoms with van der Waals surface area (Å²) >= 11 is 0. The largest absolute Gasteiger partial charge is 0.337 e. The Balaban J connectivity index is 2.29. The Hall–Kier alpha value is -2.64. The van der Waals surface area contributed by atoms with Crippen LogP contribution in [-0.4, -0.2) is 25.6 Å². The zero-order valence-electron chi connectivity index (χ0n) is 12.1. The van der Waals surface area contributed by atoms with E-state index >= 15 is 0 Å². The molecular formula is C13H17N5O3. The number of aryl methyl sites for hydroxylation is 2. The van der Waals surface area contributed by atoms with Gasteiger partial charge < -0.3 is 9.88 Å². The summed E-state index contributed by atoms with van der Waals surface area (Å²) in [6.45, 7) is 6.16. The van der Waals surface area contributed by atoms with Crippen molar-refractivity contribution in [1.29, 1.82) is 0 Å². The number of aromatic amines is 1. The van der Waals surface area contributed by atoms with Crippen molar-refractivity contribution in [3.05, 3.63) is 39.3 Å². The molecule has 0 aliphatic rings. The van der Waals surface area contributed by atoms with Gasteiger partial charge in [0.1, 0.15) is 5.69 Å². The standard InChI is InChI=1S/C13H17N5O3/c1-4-5-17-7-10(18(20)21)6-11(17)13(19)14-12-8(2)9(3)15-16-12/h6-7H,4-5H2,1-3H3,(H2,14,15,16,19). The van der Waals surface area contributed by atoms with E-state index in [1.165, 1.54) is 12.3 Å². The molecule has 21 heavy (non-hydrogen) atoms. The number of hydrogen-bond donors (Lipinski definition) is 2. The van der Waals surface area contributed by atoms with Crippen molar-refractivity contribution in [2.24, 2.45) is 0 Å². The van der Waals surface area contributed by atoms with Crippen LogP contribution in [0.15, 0.2) is 12.3 Å². The highest BCUT2D eigenvalue weighted by atomic mass is 16.6. The maximum atomic E-state index is 12.3. The summed E-state index contributed by atoms with van der Waals surface area (Å²) in [6.07, 6.45) is 2.15. The third-order valence-electron chi connectivity index (χ3n) is 3.28. The van der Waals surface area contributed by atoms with Gasteiger partial charge in [0.2, 0.25) is 0 Å². The number of carbonyl (C=O) groups excluding carboxylic acids is 1. The highest BCUT2D eigenvalue weighted by Crippen LogP contribution is 2.20. The quantitative estimate of drug-likeness (QED) is 0.651. The lowest BCUT2D eigenvalue weighted by molar-refractivity contribution is -0.384. The number of aromatic nitrogens is 3. The van der Waals surface area contributed by atoms with Crippen LogP contribution in [0.25, 0.3) is 0 Å². The Kier molecular flexibility index (Phi) is 4.06. The van der Waals surface area contributed by atoms with E-state index in [0.717, 1.165) is 17.7 Å². The Bertz CT molecular complexity index is 686. The minimum atomic E-state index is -0.507. The average Bonchev–Trinajstić information content (AvgIpc) is 2.98. The summed E-state index contributed by atoms with van der Waals surface area (Å²) in [5.41, 5.74) is 1.86. The van der Waals surface area contributed by atoms with E-state index in [9.17, 15) is 14.9 Å². The summed E-state index contributed by atoms with van der Waals surface area (Å²) < 4.78 is 1.59. The number of amides is 1. The summed E-state index contributed by atoms with van der Waals surface area (Å²) in [7, 11) is 0. The number of nitrogens with zero attached hydrogens (tertiary/aromatic N) is 3. The van der Waals surface area contributed by atoms with Crippen LogP contribution in [-0.2, 0) is 6.54 Å². The molecule has 8 nitrogen and oxygen atoms in total. The second kappa shape index (κ2) is 5.78. The van der Waals surface area contributed by atoms with Gasteiger partial charge in [-0.1, -0.05) is 6.92 Å². The second-order valence-electron chi connectivity index (χ2n) is 4.81. The van der Waals surface area contributed by atoms with Crippen LogP contribution in [0.1, 0.15) is 35.1 Å². The van der Waals surface area contributed by atoms with Gasteiger partial charge in [0.05, 0.1) is 11.1 Å². The van der Waals surface area contributed by atoms with Crippen molar-refractivity contribution < 1.29 is 9.72 Å². The molecule has 0 aliphatic heterocycles. The first-order chi connectivity index (χ1) is 9.93. The molecule has 0 spiro atoms. The van der Waals surface area contributed by atoms with E-state index in [4.69, 9.17) is 0 Å². The monoisotopic (exact) mass is 291 g/mol. The SMILES string of the molecule is CCCn1cc([N+](=O)[O-])cc1C(=O)Nc1n[nH]c(C)c1C. The zero-order valence-corrected chi connectivity index (χ0v) is 12.1. The van der Waals surface area contributed by atoms with Crippen molar-refractivity contribution in [2.75, 3.05) is 5.32 Å². The van der Waals surface area contributed by atoms with Crippen molar-refractivity contribution in [1.82, 2.24) is 14.8 Å². The molecule has 0 unspecified atom stereocenters. The molecule has 0 saturated carbocycles. The van der Waals surface area contributed by atoms with Crippen LogP contribution < -0.4 is 5.32 Å². The number of carbonyl (C=O) groups is 1. The Morgan fingerprint density at radius 3 is 2.76 bits per heavy atom. The Morgan fingerprint density at radius 2 is 2.24 bits per heavy atom. The predicted octanol–water partition coefficient (Wildman–Crippen LogP) is 2.40. The first-order valence-electron chi connectivity index (χ1n) is 6.61. The first-order valence-corrected chi connectivity index (χ1v) is 6.61. The molecule has 0 radical (unpaired) electrons. The van der Waals surface area contributed by atoms with Crippen molar-refractivity contribution in [3.8, 4) is 0 Å². The number of nitro groups is 1. The third-order valence-corrected chi connectivity index (χ3v) is 3.28. The molecule has 0 atom stereocenters. The number of anilines is 1. The molecular weight excluding hydrogens is 274 g/mol. The fourth-order valence-electron chi connectivity index (χ4n) is 1.99. The molecule has 0 aliphatic carbocycles. The van der Waals surface area contributed by atoms with Gasteiger partial charge in [-0.05, 0) is 20.3 Å². The van der Waals surface area contributed by atoms with Gasteiger partial charge in [0, 0.05) is 23.9 Å². The predicted molar refractivity (Wildman–Crippen MR) is 77.4 cm³/mol. The van der Waals surface area contributed by atoms with E-state index in [-0.39, 0.29) is 11.4 Å². The molecule has 0 saturated heterocycles. The minimum Gasteiger partial charge on any atom is -0.337 e. The van der Waals surface area contributed by atoms with Crippen molar-refractivity contribution >= 4 is 17.4 Å². The lowest BCUT2D eigenvalue weighted by Gasteiger charge is -2.07. The van der Waals surface area contributed by atoms with Crippen LogP contribution in [0.5, 0.6) is 0 Å². The fourth-order valence-corrected chi connectivity index (χ4v) is 1.99. The Labute approximate surface area is 121 Å². The van der Waals surface area contributed by atoms with Gasteiger partial charge in [-0.3, -0.25) is 20.0 Å². The molecule has 1 amide bonds. The van der Waals surface area contributed by atoms with Gasteiger partial charge >= 0.3 is 0 Å². The summed E-state index contributed by atoms with van der Waals surface area (Å²) in [5, 5.41) is 20.3. The van der Waals surface area contributed by atoms with Gasteiger partial charge in [-0.2, -0.15) is 5.10 Å². The van der Waals surface area contributed by atoms with Gasteiger partial charge in [-0.15, -0.1) is 0 Å². The molecule has 8 heteroatoms. The molecule has 2 heterocycles. The topological polar surface area (TPSA) is 106 Å². The van der Waals surface area contributed by atoms with Crippen LogP contribution >= 0.6 is 0 Å². The number of nitrogens with one attached hydrogen (secondary N) is 2. The smallest absolute Gasteiger partial charge is 0.287 e. The summed E-state index contributed by atoms with van der Waals surface area (Å²) in [5.74, 6) is 0.0237. The van der Waals surface area contributed by atoms with Crippen LogP contribution in [0.3, 0.4) is 0 Å². The lowest BCUT2D eigenvalue weighted by Crippen LogP contribution is -2.17. The maximum absolute atomic E-state index is 12.3. The van der Waals surface area contributed by atoms with Gasteiger partial charge in [-0.25, -0.2) is 0 Å². The van der Waals surface area contributed by atoms with Gasteiger partial charge in [0.15, 0.2) is 5.82 Å². The van der Waals surface area contributed by atoms with E-state index in [1.807, 2.05) is 20.8 Å². The van der Waals surface area contributed by atoms with Gasteiger partial charge in [0.25, 0.3) is 11.6 Å². The lowest BCUT2D eigenvalue weighted by atomic mass is 10.2. The normalized spacial score (nSPS) is 10.6. The van der Waals surface area contributed by atoms with E-state index in [1.54, 1.807) is 4.57 Å². The van der Waals surface area contributed by atoms with Crippen LogP contribution in [0, 0.1) is 24.0 Å². The van der Waals surface area contributed by atoms with Crippen LogP contribution in [0.4, 0.5) is 11.5 Å². The second-order valence-corrected chi connectivity index (χ2v) is 4.81. The van der Waals surface area contributed by atoms with E-state index in [0.29, 0.717) is 12.4 Å². The first kappa shape index (κ1) is 14.8. The van der Waals surface area contributed by atoms with E-state index in [2.05, 4.69) is 15.5 Å². The molecule has 112 valence electrons. The molecule has 2 aromatic heterocycles. The summed E-state index contributed by atoms with van der Waals surface area (Å²) in [6, 6.07) is 1.28. The van der Waals surface area contributed by atoms with Crippen LogP contribution in [0.2, 0.25) is 0 Å². The van der Waals surface area contributed by atoms with Crippen molar-refractivity contribution in [2.45, 2.75) is 33.7 Å². The molecule has 2 N–H and O–H groups in total. The highest BCUT2D eigenvalue weighted by molar-refractivity contribution is 6.03. The maximum Gasteiger partial charge on any atom is 0.287 e. The Morgan fingerprint density at radius 1 is 1.52 bits per heavy atom. The zero-order chi connectivity index (χ0) is 15.6. The summed E-state index contributed by atoms with van der Waals surface area (Å²) in [4.78, 5) is 22.6. The molecule has 0 aromatic carbocycles. The average molecular weight is 291 g/mol. The number of hydrogen-bond acceptors (Lipinski definition) is 4. The highest BCUT2D eigenvalue weighted by Gasteiger charge is 2.20. The molecule has 2 aromatic rings. The molecule has 0 bridgehead atoms. The third kappa shape index (κ3) is 2.93. The number of H-pyrrole nitrogens is 1. The molecule has 0 fully saturated rings. The van der Waals surface area contributed by atoms with Crippen molar-refractivity contribution in [3.63, 3.8) is 0 Å². The van der Waals surface area contributed by atoms with E-state index < -0.39 is 10.8 Å². The minimum absolute atomic E-state index is 0.0940. The number of rotatable bonds is 5. The molecule has 2 rings (SSSR count). The fraction of sp³-hybridized carbons (Fsp3) is 0.385.